The van der Waals surface area contributed by atoms with E-state index < -0.39 is 10.0 Å². The minimum absolute atomic E-state index is 0. The van der Waals surface area contributed by atoms with Crippen molar-refractivity contribution in [3.05, 3.63) is 59.3 Å². The Bertz CT molecular complexity index is 1030. The standard InChI is InChI=1S/C18H19N3O3S.ClH/c19-11-13-7-8-17-14(10-13)4-3-9-21(17)25(22,23)12-16-15-5-1-2-6-18(15)24-20-16;/h1-2,5-8,10H,3-4,9,11-12,19H2;1H. The first-order chi connectivity index (χ1) is 12.1. The molecule has 0 aliphatic carbocycles. The van der Waals surface area contributed by atoms with Gasteiger partial charge in [0.05, 0.1) is 5.69 Å². The van der Waals surface area contributed by atoms with E-state index in [0.717, 1.165) is 35.0 Å². The van der Waals surface area contributed by atoms with Crippen molar-refractivity contribution >= 4 is 39.1 Å². The molecule has 2 heterocycles. The van der Waals surface area contributed by atoms with Gasteiger partial charge in [-0.25, -0.2) is 8.42 Å². The number of halogens is 1. The number of benzene rings is 2. The third-order valence-electron chi connectivity index (χ3n) is 4.56. The Hall–Kier alpha value is -2.09. The highest BCUT2D eigenvalue weighted by molar-refractivity contribution is 7.92. The average molecular weight is 394 g/mol. The molecule has 0 atom stereocenters. The average Bonchev–Trinajstić information content (AvgIpc) is 3.03. The number of anilines is 1. The number of rotatable bonds is 4. The van der Waals surface area contributed by atoms with E-state index in [4.69, 9.17) is 10.3 Å². The largest absolute Gasteiger partial charge is 0.356 e. The van der Waals surface area contributed by atoms with E-state index in [1.807, 2.05) is 36.4 Å². The van der Waals surface area contributed by atoms with E-state index in [9.17, 15) is 8.42 Å². The number of nitrogens with zero attached hydrogens (tertiary/aromatic N) is 2. The summed E-state index contributed by atoms with van der Waals surface area (Å²) in [5, 5.41) is 4.70. The lowest BCUT2D eigenvalue weighted by Gasteiger charge is -2.30. The molecule has 0 fully saturated rings. The smallest absolute Gasteiger partial charge is 0.241 e. The fraction of sp³-hybridized carbons (Fsp3) is 0.278. The molecule has 2 aromatic carbocycles. The molecule has 0 amide bonds. The first kappa shape index (κ1) is 18.7. The SMILES string of the molecule is Cl.NCc1ccc2c(c1)CCCN2S(=O)(=O)Cc1noc2ccccc12. The molecule has 0 saturated heterocycles. The summed E-state index contributed by atoms with van der Waals surface area (Å²) >= 11 is 0. The van der Waals surface area contributed by atoms with Crippen LogP contribution in [0.2, 0.25) is 0 Å². The molecule has 0 saturated carbocycles. The molecule has 3 aromatic rings. The quantitative estimate of drug-likeness (QED) is 0.735. The monoisotopic (exact) mass is 393 g/mol. The van der Waals surface area contributed by atoms with Crippen LogP contribution in [0.5, 0.6) is 0 Å². The minimum Gasteiger partial charge on any atom is -0.356 e. The van der Waals surface area contributed by atoms with Crippen molar-refractivity contribution in [2.45, 2.75) is 25.1 Å². The lowest BCUT2D eigenvalue weighted by atomic mass is 10.0. The van der Waals surface area contributed by atoms with Crippen molar-refractivity contribution in [1.29, 1.82) is 0 Å². The second-order valence-corrected chi connectivity index (χ2v) is 8.12. The summed E-state index contributed by atoms with van der Waals surface area (Å²) in [5.41, 5.74) is 9.53. The van der Waals surface area contributed by atoms with Crippen LogP contribution < -0.4 is 10.0 Å². The molecule has 0 spiro atoms. The van der Waals surface area contributed by atoms with Crippen LogP contribution in [0.1, 0.15) is 23.2 Å². The topological polar surface area (TPSA) is 89.4 Å². The van der Waals surface area contributed by atoms with E-state index in [-0.39, 0.29) is 18.2 Å². The molecule has 4 rings (SSSR count). The molecule has 0 radical (unpaired) electrons. The Kier molecular flexibility index (Phi) is 5.22. The second kappa shape index (κ2) is 7.26. The van der Waals surface area contributed by atoms with Crippen LogP contribution in [-0.4, -0.2) is 20.1 Å². The molecule has 1 aromatic heterocycles. The van der Waals surface area contributed by atoms with Crippen LogP contribution in [0.25, 0.3) is 11.0 Å². The summed E-state index contributed by atoms with van der Waals surface area (Å²) in [5.74, 6) is -0.178. The summed E-state index contributed by atoms with van der Waals surface area (Å²) in [6, 6.07) is 13.0. The summed E-state index contributed by atoms with van der Waals surface area (Å²) in [6.45, 7) is 0.929. The molecule has 2 N–H and O–H groups in total. The predicted octanol–water partition coefficient (Wildman–Crippen LogP) is 2.99. The third kappa shape index (κ3) is 3.30. The van der Waals surface area contributed by atoms with E-state index in [2.05, 4.69) is 5.16 Å². The Morgan fingerprint density at radius 1 is 1.19 bits per heavy atom. The number of aromatic nitrogens is 1. The molecule has 0 bridgehead atoms. The fourth-order valence-electron chi connectivity index (χ4n) is 3.32. The van der Waals surface area contributed by atoms with Gasteiger partial charge >= 0.3 is 0 Å². The van der Waals surface area contributed by atoms with Crippen LogP contribution in [0, 0.1) is 0 Å². The Labute approximate surface area is 158 Å². The van der Waals surface area contributed by atoms with Crippen molar-refractivity contribution in [3.8, 4) is 0 Å². The summed E-state index contributed by atoms with van der Waals surface area (Å²) in [4.78, 5) is 0. The Balaban J connectivity index is 0.00000196. The van der Waals surface area contributed by atoms with Crippen molar-refractivity contribution < 1.29 is 12.9 Å². The van der Waals surface area contributed by atoms with Gasteiger partial charge in [0.25, 0.3) is 0 Å². The minimum atomic E-state index is -3.55. The molecule has 8 heteroatoms. The molecule has 6 nitrogen and oxygen atoms in total. The highest BCUT2D eigenvalue weighted by atomic mass is 35.5. The summed E-state index contributed by atoms with van der Waals surface area (Å²) in [6.07, 6.45) is 1.65. The van der Waals surface area contributed by atoms with Crippen LogP contribution in [0.3, 0.4) is 0 Å². The normalized spacial score (nSPS) is 14.1. The van der Waals surface area contributed by atoms with Gasteiger partial charge in [-0.1, -0.05) is 29.4 Å². The van der Waals surface area contributed by atoms with Crippen LogP contribution in [0.4, 0.5) is 5.69 Å². The highest BCUT2D eigenvalue weighted by Crippen LogP contribution is 2.32. The second-order valence-electron chi connectivity index (χ2n) is 6.22. The maximum absolute atomic E-state index is 13.0. The number of aryl methyl sites for hydroxylation is 1. The third-order valence-corrected chi connectivity index (χ3v) is 6.25. The van der Waals surface area contributed by atoms with E-state index in [0.29, 0.717) is 24.4 Å². The van der Waals surface area contributed by atoms with E-state index >= 15 is 0 Å². The number of para-hydroxylation sites is 1. The molecular formula is C18H20ClN3O3S. The number of hydrogen-bond donors (Lipinski definition) is 1. The van der Waals surface area contributed by atoms with Gasteiger partial charge in [0.1, 0.15) is 11.4 Å². The lowest BCUT2D eigenvalue weighted by Crippen LogP contribution is -2.36. The Morgan fingerprint density at radius 3 is 2.81 bits per heavy atom. The van der Waals surface area contributed by atoms with Crippen LogP contribution in [-0.2, 0) is 28.7 Å². The zero-order valence-electron chi connectivity index (χ0n) is 14.1. The van der Waals surface area contributed by atoms with Gasteiger partial charge in [-0.3, -0.25) is 4.31 Å². The molecule has 138 valence electrons. The molecule has 0 unspecified atom stereocenters. The number of nitrogens with two attached hydrogens (primary N) is 1. The highest BCUT2D eigenvalue weighted by Gasteiger charge is 2.29. The zero-order chi connectivity index (χ0) is 17.4. The van der Waals surface area contributed by atoms with Crippen molar-refractivity contribution in [2.24, 2.45) is 5.73 Å². The van der Waals surface area contributed by atoms with Crippen molar-refractivity contribution in [1.82, 2.24) is 5.16 Å². The lowest BCUT2D eigenvalue weighted by molar-refractivity contribution is 0.448. The summed E-state index contributed by atoms with van der Waals surface area (Å²) in [7, 11) is -3.55. The van der Waals surface area contributed by atoms with Crippen LogP contribution >= 0.6 is 12.4 Å². The molecule has 1 aliphatic heterocycles. The van der Waals surface area contributed by atoms with E-state index in [1.54, 1.807) is 6.07 Å². The van der Waals surface area contributed by atoms with Gasteiger partial charge in [-0.15, -0.1) is 12.4 Å². The van der Waals surface area contributed by atoms with Gasteiger partial charge in [-0.05, 0) is 42.2 Å². The van der Waals surface area contributed by atoms with Gasteiger partial charge < -0.3 is 10.3 Å². The van der Waals surface area contributed by atoms with Gasteiger partial charge in [0.2, 0.25) is 10.0 Å². The molecule has 1 aliphatic rings. The number of sulfonamides is 1. The van der Waals surface area contributed by atoms with Gasteiger partial charge in [-0.2, -0.15) is 0 Å². The fourth-order valence-corrected chi connectivity index (χ4v) is 4.92. The molecular weight excluding hydrogens is 374 g/mol. The maximum atomic E-state index is 13.0. The first-order valence-electron chi connectivity index (χ1n) is 8.24. The predicted molar refractivity (Wildman–Crippen MR) is 104 cm³/mol. The molecule has 26 heavy (non-hydrogen) atoms. The summed E-state index contributed by atoms with van der Waals surface area (Å²) < 4.78 is 32.8. The number of fused-ring (bicyclic) bond motifs is 2. The first-order valence-corrected chi connectivity index (χ1v) is 9.85. The Morgan fingerprint density at radius 2 is 2.00 bits per heavy atom. The van der Waals surface area contributed by atoms with Crippen molar-refractivity contribution in [2.75, 3.05) is 10.8 Å². The number of hydrogen-bond acceptors (Lipinski definition) is 5. The van der Waals surface area contributed by atoms with Gasteiger partial charge in [0, 0.05) is 18.5 Å². The maximum Gasteiger partial charge on any atom is 0.241 e. The van der Waals surface area contributed by atoms with Crippen LogP contribution in [0.15, 0.2) is 47.0 Å². The van der Waals surface area contributed by atoms with Gasteiger partial charge in [0.15, 0.2) is 5.58 Å². The van der Waals surface area contributed by atoms with Crippen molar-refractivity contribution in [3.63, 3.8) is 0 Å². The zero-order valence-corrected chi connectivity index (χ0v) is 15.7. The van der Waals surface area contributed by atoms with E-state index in [1.165, 1.54) is 4.31 Å².